The number of nitrogens with zero attached hydrogens (tertiary/aromatic N) is 4. The Kier molecular flexibility index (Phi) is 5.41. The quantitative estimate of drug-likeness (QED) is 0.612. The average Bonchev–Trinajstić information content (AvgIpc) is 2.58. The highest BCUT2D eigenvalue weighted by Crippen LogP contribution is 2.19. The summed E-state index contributed by atoms with van der Waals surface area (Å²) >= 11 is 0. The van der Waals surface area contributed by atoms with Gasteiger partial charge in [0, 0.05) is 19.2 Å². The van der Waals surface area contributed by atoms with Gasteiger partial charge in [0.1, 0.15) is 12.0 Å². The molecule has 24 heavy (non-hydrogen) atoms. The summed E-state index contributed by atoms with van der Waals surface area (Å²) in [7, 11) is 0. The van der Waals surface area contributed by atoms with Crippen molar-refractivity contribution in [2.24, 2.45) is 0 Å². The Morgan fingerprint density at radius 2 is 2.17 bits per heavy atom. The smallest absolute Gasteiger partial charge is 0.305 e. The van der Waals surface area contributed by atoms with Gasteiger partial charge in [-0.05, 0) is 23.8 Å². The number of carboxylic acids is 1. The minimum Gasteiger partial charge on any atom is -0.481 e. The third kappa shape index (κ3) is 4.51. The van der Waals surface area contributed by atoms with E-state index in [1.54, 1.807) is 23.1 Å². The highest BCUT2D eigenvalue weighted by Gasteiger charge is 2.13. The Hall–Kier alpha value is -3.47. The standard InChI is InChI=1S/C16H14N4O4/c17-9-12-2-1-3-13(8-12)11-19(7-6-16(21)22)15-5-4-14(10-18-15)20(23)24/h1-5,8,10H,6-7,11H2,(H,21,22). The lowest BCUT2D eigenvalue weighted by molar-refractivity contribution is -0.385. The zero-order chi connectivity index (χ0) is 17.5. The van der Waals surface area contributed by atoms with E-state index >= 15 is 0 Å². The van der Waals surface area contributed by atoms with Gasteiger partial charge in [-0.3, -0.25) is 14.9 Å². The lowest BCUT2D eigenvalue weighted by atomic mass is 10.1. The molecular weight excluding hydrogens is 312 g/mol. The second-order valence-corrected chi connectivity index (χ2v) is 5.01. The van der Waals surface area contributed by atoms with Crippen molar-refractivity contribution in [3.63, 3.8) is 0 Å². The van der Waals surface area contributed by atoms with Gasteiger partial charge >= 0.3 is 5.97 Å². The molecule has 0 bridgehead atoms. The van der Waals surface area contributed by atoms with Gasteiger partial charge in [-0.1, -0.05) is 12.1 Å². The predicted octanol–water partition coefficient (Wildman–Crippen LogP) is 2.34. The van der Waals surface area contributed by atoms with Crippen LogP contribution in [0.2, 0.25) is 0 Å². The molecule has 0 spiro atoms. The summed E-state index contributed by atoms with van der Waals surface area (Å²) in [5.41, 5.74) is 1.19. The van der Waals surface area contributed by atoms with Crippen molar-refractivity contribution in [1.29, 1.82) is 5.26 Å². The zero-order valence-electron chi connectivity index (χ0n) is 12.6. The van der Waals surface area contributed by atoms with Gasteiger partial charge in [0.05, 0.1) is 23.0 Å². The van der Waals surface area contributed by atoms with E-state index in [0.29, 0.717) is 17.9 Å². The number of hydrogen-bond donors (Lipinski definition) is 1. The van der Waals surface area contributed by atoms with E-state index in [2.05, 4.69) is 4.98 Å². The zero-order valence-corrected chi connectivity index (χ0v) is 12.6. The maximum absolute atomic E-state index is 10.9. The fraction of sp³-hybridized carbons (Fsp3) is 0.188. The van der Waals surface area contributed by atoms with E-state index in [0.717, 1.165) is 11.8 Å². The van der Waals surface area contributed by atoms with Crippen molar-refractivity contribution in [1.82, 2.24) is 4.98 Å². The van der Waals surface area contributed by atoms with Gasteiger partial charge in [0.2, 0.25) is 0 Å². The molecule has 2 rings (SSSR count). The van der Waals surface area contributed by atoms with Crippen LogP contribution in [0.4, 0.5) is 11.5 Å². The van der Waals surface area contributed by atoms with Crippen LogP contribution in [-0.2, 0) is 11.3 Å². The van der Waals surface area contributed by atoms with E-state index in [4.69, 9.17) is 10.4 Å². The van der Waals surface area contributed by atoms with E-state index < -0.39 is 10.9 Å². The maximum Gasteiger partial charge on any atom is 0.305 e. The third-order valence-corrected chi connectivity index (χ3v) is 3.29. The highest BCUT2D eigenvalue weighted by atomic mass is 16.6. The molecule has 0 unspecified atom stereocenters. The molecule has 8 nitrogen and oxygen atoms in total. The van der Waals surface area contributed by atoms with Gasteiger partial charge in [0.15, 0.2) is 0 Å². The summed E-state index contributed by atoms with van der Waals surface area (Å²) in [5, 5.41) is 28.6. The lowest BCUT2D eigenvalue weighted by Gasteiger charge is -2.23. The molecule has 1 aromatic carbocycles. The van der Waals surface area contributed by atoms with Crippen molar-refractivity contribution in [3.8, 4) is 6.07 Å². The molecule has 0 amide bonds. The van der Waals surface area contributed by atoms with Crippen LogP contribution in [0, 0.1) is 21.4 Å². The number of anilines is 1. The van der Waals surface area contributed by atoms with Crippen LogP contribution >= 0.6 is 0 Å². The molecule has 0 aliphatic rings. The van der Waals surface area contributed by atoms with Gasteiger partial charge < -0.3 is 10.0 Å². The Bertz CT molecular complexity index is 783. The largest absolute Gasteiger partial charge is 0.481 e. The molecule has 0 radical (unpaired) electrons. The lowest BCUT2D eigenvalue weighted by Crippen LogP contribution is -2.26. The SMILES string of the molecule is N#Cc1cccc(CN(CCC(=O)O)c2ccc([N+](=O)[O-])cn2)c1. The second kappa shape index (κ2) is 7.69. The van der Waals surface area contributed by atoms with Crippen molar-refractivity contribution in [3.05, 3.63) is 63.8 Å². The third-order valence-electron chi connectivity index (χ3n) is 3.29. The topological polar surface area (TPSA) is 120 Å². The van der Waals surface area contributed by atoms with Crippen LogP contribution in [-0.4, -0.2) is 27.5 Å². The summed E-state index contributed by atoms with van der Waals surface area (Å²) in [4.78, 5) is 26.8. The number of benzene rings is 1. The molecule has 0 atom stereocenters. The molecule has 1 heterocycles. The van der Waals surface area contributed by atoms with Crippen molar-refractivity contribution >= 4 is 17.5 Å². The number of pyridine rings is 1. The molecule has 1 aromatic heterocycles. The molecule has 0 saturated carbocycles. The van der Waals surface area contributed by atoms with Crippen molar-refractivity contribution < 1.29 is 14.8 Å². The number of carbonyl (C=O) groups is 1. The average molecular weight is 326 g/mol. The Morgan fingerprint density at radius 3 is 2.75 bits per heavy atom. The van der Waals surface area contributed by atoms with Crippen LogP contribution < -0.4 is 4.90 Å². The molecule has 0 aliphatic carbocycles. The van der Waals surface area contributed by atoms with Crippen LogP contribution in [0.1, 0.15) is 17.5 Å². The van der Waals surface area contributed by atoms with E-state index in [1.165, 1.54) is 12.1 Å². The molecule has 1 N–H and O–H groups in total. The number of carboxylic acid groups (broad SMARTS) is 1. The van der Waals surface area contributed by atoms with Gasteiger partial charge in [-0.25, -0.2) is 4.98 Å². The Balaban J connectivity index is 2.24. The fourth-order valence-electron chi connectivity index (χ4n) is 2.14. The normalized spacial score (nSPS) is 9.96. The number of nitriles is 1. The molecule has 0 saturated heterocycles. The summed E-state index contributed by atoms with van der Waals surface area (Å²) in [6.07, 6.45) is 1.03. The number of aliphatic carboxylic acids is 1. The fourth-order valence-corrected chi connectivity index (χ4v) is 2.14. The first-order valence-electron chi connectivity index (χ1n) is 7.06. The Labute approximate surface area is 137 Å². The molecule has 0 fully saturated rings. The first-order valence-corrected chi connectivity index (χ1v) is 7.06. The summed E-state index contributed by atoms with van der Waals surface area (Å²) in [5.74, 6) is -0.517. The van der Waals surface area contributed by atoms with Crippen molar-refractivity contribution in [2.75, 3.05) is 11.4 Å². The first kappa shape index (κ1) is 16.9. The van der Waals surface area contributed by atoms with E-state index in [9.17, 15) is 14.9 Å². The molecule has 0 aliphatic heterocycles. The first-order chi connectivity index (χ1) is 11.5. The number of rotatable bonds is 7. The highest BCUT2D eigenvalue weighted by molar-refractivity contribution is 5.67. The molecule has 8 heteroatoms. The van der Waals surface area contributed by atoms with E-state index in [1.807, 2.05) is 12.1 Å². The second-order valence-electron chi connectivity index (χ2n) is 5.01. The molecular formula is C16H14N4O4. The minimum absolute atomic E-state index is 0.101. The van der Waals surface area contributed by atoms with Crippen molar-refractivity contribution in [2.45, 2.75) is 13.0 Å². The van der Waals surface area contributed by atoms with Gasteiger partial charge in [-0.2, -0.15) is 5.26 Å². The van der Waals surface area contributed by atoms with Crippen LogP contribution in [0.5, 0.6) is 0 Å². The number of aromatic nitrogens is 1. The maximum atomic E-state index is 10.9. The number of nitro groups is 1. The van der Waals surface area contributed by atoms with Gasteiger partial charge in [0.25, 0.3) is 5.69 Å². The van der Waals surface area contributed by atoms with Crippen LogP contribution in [0.15, 0.2) is 42.6 Å². The Morgan fingerprint density at radius 1 is 1.38 bits per heavy atom. The summed E-state index contributed by atoms with van der Waals surface area (Å²) < 4.78 is 0. The predicted molar refractivity (Wildman–Crippen MR) is 85.4 cm³/mol. The van der Waals surface area contributed by atoms with E-state index in [-0.39, 0.29) is 18.7 Å². The number of hydrogen-bond acceptors (Lipinski definition) is 6. The summed E-state index contributed by atoms with van der Waals surface area (Å²) in [6.45, 7) is 0.532. The molecule has 2 aromatic rings. The summed E-state index contributed by atoms with van der Waals surface area (Å²) in [6, 6.07) is 11.8. The van der Waals surface area contributed by atoms with Gasteiger partial charge in [-0.15, -0.1) is 0 Å². The van der Waals surface area contributed by atoms with Crippen LogP contribution in [0.3, 0.4) is 0 Å². The van der Waals surface area contributed by atoms with Crippen LogP contribution in [0.25, 0.3) is 0 Å². The minimum atomic E-state index is -0.951. The molecule has 122 valence electrons. The monoisotopic (exact) mass is 326 g/mol.